The van der Waals surface area contributed by atoms with Gasteiger partial charge in [0.05, 0.1) is 20.8 Å². The van der Waals surface area contributed by atoms with Crippen molar-refractivity contribution in [1.29, 1.82) is 0 Å². The fraction of sp³-hybridized carbons (Fsp3) is 0.158. The number of nitrogens with zero attached hydrogens (tertiary/aromatic N) is 1. The first kappa shape index (κ1) is 17.5. The van der Waals surface area contributed by atoms with Crippen LogP contribution in [0.2, 0.25) is 0 Å². The average Bonchev–Trinajstić information content (AvgIpc) is 2.90. The van der Waals surface area contributed by atoms with Crippen molar-refractivity contribution < 1.29 is 23.5 Å². The number of carbonyl (C=O) groups is 2. The molecule has 0 saturated carbocycles. The van der Waals surface area contributed by atoms with Crippen LogP contribution in [0.15, 0.2) is 48.2 Å². The quantitative estimate of drug-likeness (QED) is 0.661. The molecule has 2 aromatic carbocycles. The molecule has 2 aromatic rings. The second-order valence-corrected chi connectivity index (χ2v) is 5.55. The molecule has 0 spiro atoms. The van der Waals surface area contributed by atoms with Crippen LogP contribution in [-0.2, 0) is 11.3 Å². The number of hydrogen-bond donors (Lipinski definition) is 1. The number of nitrogens with one attached hydrogen (secondary N) is 1. The highest BCUT2D eigenvalue weighted by Gasteiger charge is 2.34. The second-order valence-electron chi connectivity index (χ2n) is 5.55. The van der Waals surface area contributed by atoms with Gasteiger partial charge in [0.25, 0.3) is 5.91 Å². The molecule has 3 rings (SSSR count). The van der Waals surface area contributed by atoms with Gasteiger partial charge in [0.2, 0.25) is 0 Å². The Bertz CT molecular complexity index is 895. The number of hydrogen-bond acceptors (Lipinski definition) is 4. The van der Waals surface area contributed by atoms with E-state index in [4.69, 9.17) is 9.47 Å². The largest absolute Gasteiger partial charge is 0.493 e. The van der Waals surface area contributed by atoms with Crippen LogP contribution in [0.1, 0.15) is 11.1 Å². The van der Waals surface area contributed by atoms with Gasteiger partial charge in [-0.3, -0.25) is 9.69 Å². The van der Waals surface area contributed by atoms with Crippen LogP contribution in [0.4, 0.5) is 9.18 Å². The second kappa shape index (κ2) is 7.26. The summed E-state index contributed by atoms with van der Waals surface area (Å²) in [6.45, 7) is -0.149. The molecule has 7 heteroatoms. The Morgan fingerprint density at radius 3 is 2.54 bits per heavy atom. The van der Waals surface area contributed by atoms with E-state index in [1.54, 1.807) is 30.3 Å². The normalized spacial score (nSPS) is 15.3. The lowest BCUT2D eigenvalue weighted by atomic mass is 10.1. The first-order valence-corrected chi connectivity index (χ1v) is 7.84. The summed E-state index contributed by atoms with van der Waals surface area (Å²) in [6, 6.07) is 10.6. The third-order valence-corrected chi connectivity index (χ3v) is 3.98. The number of carbonyl (C=O) groups excluding carboxylic acids is 2. The average molecular weight is 356 g/mol. The van der Waals surface area contributed by atoms with Crippen molar-refractivity contribution in [3.63, 3.8) is 0 Å². The lowest BCUT2D eigenvalue weighted by Crippen LogP contribution is -2.30. The predicted octanol–water partition coefficient (Wildman–Crippen LogP) is 2.94. The van der Waals surface area contributed by atoms with Crippen molar-refractivity contribution in [3.8, 4) is 11.5 Å². The molecule has 134 valence electrons. The fourth-order valence-electron chi connectivity index (χ4n) is 2.69. The van der Waals surface area contributed by atoms with E-state index in [1.165, 1.54) is 32.4 Å². The summed E-state index contributed by atoms with van der Waals surface area (Å²) in [4.78, 5) is 25.7. The van der Waals surface area contributed by atoms with Crippen LogP contribution in [0.25, 0.3) is 6.08 Å². The van der Waals surface area contributed by atoms with Gasteiger partial charge in [-0.15, -0.1) is 0 Å². The zero-order chi connectivity index (χ0) is 18.7. The molecule has 0 aliphatic carbocycles. The van der Waals surface area contributed by atoms with Crippen LogP contribution in [0, 0.1) is 5.82 Å². The molecule has 0 atom stereocenters. The number of rotatable bonds is 5. The van der Waals surface area contributed by atoms with Crippen molar-refractivity contribution in [2.75, 3.05) is 14.2 Å². The van der Waals surface area contributed by atoms with Crippen LogP contribution in [-0.4, -0.2) is 31.1 Å². The van der Waals surface area contributed by atoms with Crippen molar-refractivity contribution in [3.05, 3.63) is 65.1 Å². The van der Waals surface area contributed by atoms with Crippen LogP contribution < -0.4 is 14.8 Å². The molecule has 1 fully saturated rings. The molecular formula is C19H17FN2O4. The third-order valence-electron chi connectivity index (χ3n) is 3.98. The highest BCUT2D eigenvalue weighted by atomic mass is 19.1. The minimum absolute atomic E-state index is 0.0814. The number of urea groups is 1. The molecule has 0 aromatic heterocycles. The van der Waals surface area contributed by atoms with Crippen molar-refractivity contribution in [2.24, 2.45) is 0 Å². The predicted molar refractivity (Wildman–Crippen MR) is 93.0 cm³/mol. The van der Waals surface area contributed by atoms with E-state index in [0.29, 0.717) is 17.1 Å². The fourth-order valence-corrected chi connectivity index (χ4v) is 2.69. The van der Waals surface area contributed by atoms with Gasteiger partial charge in [0.1, 0.15) is 11.5 Å². The monoisotopic (exact) mass is 356 g/mol. The maximum atomic E-state index is 13.8. The van der Waals surface area contributed by atoms with Gasteiger partial charge in [0, 0.05) is 11.1 Å². The lowest BCUT2D eigenvalue weighted by molar-refractivity contribution is -0.123. The maximum Gasteiger partial charge on any atom is 0.329 e. The van der Waals surface area contributed by atoms with Gasteiger partial charge in [-0.1, -0.05) is 30.3 Å². The Morgan fingerprint density at radius 1 is 1.08 bits per heavy atom. The Kier molecular flexibility index (Phi) is 4.88. The van der Waals surface area contributed by atoms with E-state index < -0.39 is 17.8 Å². The first-order valence-electron chi connectivity index (χ1n) is 7.84. The summed E-state index contributed by atoms with van der Waals surface area (Å²) < 4.78 is 24.4. The number of imide groups is 1. The molecule has 0 unspecified atom stereocenters. The van der Waals surface area contributed by atoms with E-state index in [-0.39, 0.29) is 17.8 Å². The summed E-state index contributed by atoms with van der Waals surface area (Å²) in [6.07, 6.45) is 1.50. The Balaban J connectivity index is 1.90. The van der Waals surface area contributed by atoms with E-state index >= 15 is 0 Å². The molecule has 1 N–H and O–H groups in total. The number of para-hydroxylation sites is 1. The first-order chi connectivity index (χ1) is 12.5. The van der Waals surface area contributed by atoms with Gasteiger partial charge in [0.15, 0.2) is 11.5 Å². The molecule has 6 nitrogen and oxygen atoms in total. The minimum Gasteiger partial charge on any atom is -0.493 e. The summed E-state index contributed by atoms with van der Waals surface area (Å²) >= 11 is 0. The van der Waals surface area contributed by atoms with Gasteiger partial charge in [-0.05, 0) is 18.2 Å². The summed E-state index contributed by atoms with van der Waals surface area (Å²) in [7, 11) is 2.99. The Labute approximate surface area is 149 Å². The molecule has 1 saturated heterocycles. The third kappa shape index (κ3) is 3.23. The van der Waals surface area contributed by atoms with Crippen molar-refractivity contribution in [2.45, 2.75) is 6.54 Å². The molecule has 0 radical (unpaired) electrons. The van der Waals surface area contributed by atoms with Crippen molar-refractivity contribution >= 4 is 18.0 Å². The Hall–Kier alpha value is -3.35. The van der Waals surface area contributed by atoms with Gasteiger partial charge in [-0.25, -0.2) is 9.18 Å². The Morgan fingerprint density at radius 2 is 1.85 bits per heavy atom. The minimum atomic E-state index is -0.605. The number of ether oxygens (including phenoxy) is 2. The number of benzene rings is 2. The number of halogens is 1. The van der Waals surface area contributed by atoms with Crippen LogP contribution in [0.5, 0.6) is 11.5 Å². The van der Waals surface area contributed by atoms with Crippen LogP contribution >= 0.6 is 0 Å². The van der Waals surface area contributed by atoms with Crippen LogP contribution in [0.3, 0.4) is 0 Å². The number of methoxy groups -OCH3 is 2. The molecule has 1 aliphatic rings. The highest BCUT2D eigenvalue weighted by molar-refractivity contribution is 6.14. The molecular weight excluding hydrogens is 339 g/mol. The van der Waals surface area contributed by atoms with E-state index in [9.17, 15) is 14.0 Å². The molecule has 26 heavy (non-hydrogen) atoms. The zero-order valence-corrected chi connectivity index (χ0v) is 14.3. The lowest BCUT2D eigenvalue weighted by Gasteiger charge is -2.12. The highest BCUT2D eigenvalue weighted by Crippen LogP contribution is 2.32. The molecule has 0 bridgehead atoms. The summed E-state index contributed by atoms with van der Waals surface area (Å²) in [5.41, 5.74) is 0.914. The van der Waals surface area contributed by atoms with E-state index in [1.807, 2.05) is 0 Å². The maximum absolute atomic E-state index is 13.8. The van der Waals surface area contributed by atoms with E-state index in [0.717, 1.165) is 4.90 Å². The standard InChI is InChI=1S/C19H17FN2O4/c1-25-16-9-5-7-12(17(16)26-2)10-15-18(23)22(19(24)21-15)11-13-6-3-4-8-14(13)20/h3-10H,11H2,1-2H3,(H,21,24)/b15-10-. The zero-order valence-electron chi connectivity index (χ0n) is 14.3. The summed E-state index contributed by atoms with van der Waals surface area (Å²) in [5.74, 6) is -0.0675. The van der Waals surface area contributed by atoms with E-state index in [2.05, 4.69) is 5.32 Å². The SMILES string of the molecule is COc1cccc(/C=C2\NC(=O)N(Cc3ccccc3F)C2=O)c1OC. The van der Waals surface area contributed by atoms with Gasteiger partial charge in [-0.2, -0.15) is 0 Å². The summed E-state index contributed by atoms with van der Waals surface area (Å²) in [5, 5.41) is 2.51. The smallest absolute Gasteiger partial charge is 0.329 e. The molecule has 3 amide bonds. The van der Waals surface area contributed by atoms with Gasteiger partial charge < -0.3 is 14.8 Å². The van der Waals surface area contributed by atoms with Gasteiger partial charge >= 0.3 is 6.03 Å². The van der Waals surface area contributed by atoms with Crippen molar-refractivity contribution in [1.82, 2.24) is 10.2 Å². The molecule has 1 aliphatic heterocycles. The number of amides is 3. The topological polar surface area (TPSA) is 67.9 Å². The molecule has 1 heterocycles.